The van der Waals surface area contributed by atoms with Crippen LogP contribution in [0.4, 0.5) is 4.39 Å². The van der Waals surface area contributed by atoms with Gasteiger partial charge in [-0.15, -0.1) is 0 Å². The molecule has 0 heterocycles. The van der Waals surface area contributed by atoms with E-state index in [1.165, 1.54) is 13.2 Å². The average molecular weight is 332 g/mol. The Labute approximate surface area is 106 Å². The second-order valence-electron chi connectivity index (χ2n) is 3.15. The normalized spacial score (nSPS) is 11.8. The van der Waals surface area contributed by atoms with Crippen molar-refractivity contribution in [3.05, 3.63) is 33.5 Å². The van der Waals surface area contributed by atoms with Gasteiger partial charge in [0.15, 0.2) is 0 Å². The number of halogens is 3. The van der Waals surface area contributed by atoms with Crippen LogP contribution in [0.1, 0.15) is 11.1 Å². The topological polar surface area (TPSA) is 43.4 Å². The highest BCUT2D eigenvalue weighted by Gasteiger charge is 2.13. The van der Waals surface area contributed by atoms with E-state index in [4.69, 9.17) is 15.4 Å². The lowest BCUT2D eigenvalue weighted by atomic mass is 10.1. The second kappa shape index (κ2) is 5.44. The smallest absolute Gasteiger partial charge is 0.236 e. The van der Waals surface area contributed by atoms with Gasteiger partial charge in [-0.3, -0.25) is 0 Å². The van der Waals surface area contributed by atoms with Crippen molar-refractivity contribution < 1.29 is 17.5 Å². The summed E-state index contributed by atoms with van der Waals surface area (Å²) >= 11 is 3.15. The lowest BCUT2D eigenvalue weighted by Crippen LogP contribution is -2.00. The number of rotatable bonds is 4. The van der Waals surface area contributed by atoms with E-state index < -0.39 is 20.6 Å². The van der Waals surface area contributed by atoms with Crippen LogP contribution in [0.2, 0.25) is 0 Å². The predicted molar refractivity (Wildman–Crippen MR) is 63.3 cm³/mol. The predicted octanol–water partition coefficient (Wildman–Crippen LogP) is 2.80. The quantitative estimate of drug-likeness (QED) is 0.797. The Morgan fingerprint density at radius 1 is 1.50 bits per heavy atom. The van der Waals surface area contributed by atoms with Crippen LogP contribution in [0.5, 0.6) is 0 Å². The van der Waals surface area contributed by atoms with Crippen molar-refractivity contribution >= 4 is 35.7 Å². The summed E-state index contributed by atoms with van der Waals surface area (Å²) in [5.41, 5.74) is 0.637. The van der Waals surface area contributed by atoms with Gasteiger partial charge in [-0.05, 0) is 17.7 Å². The van der Waals surface area contributed by atoms with Crippen LogP contribution < -0.4 is 0 Å². The van der Waals surface area contributed by atoms with Gasteiger partial charge in [-0.1, -0.05) is 15.9 Å². The van der Waals surface area contributed by atoms with Crippen LogP contribution in [-0.2, 0) is 26.1 Å². The molecule has 0 bridgehead atoms. The first-order valence-corrected chi connectivity index (χ1v) is 7.48. The van der Waals surface area contributed by atoms with Crippen molar-refractivity contribution in [2.45, 2.75) is 12.4 Å². The lowest BCUT2D eigenvalue weighted by Gasteiger charge is -2.07. The average Bonchev–Trinajstić information content (AvgIpc) is 2.08. The number of methoxy groups -OCH3 is 1. The minimum Gasteiger partial charge on any atom is -0.380 e. The van der Waals surface area contributed by atoms with Crippen LogP contribution in [0.25, 0.3) is 0 Å². The van der Waals surface area contributed by atoms with Gasteiger partial charge in [-0.25, -0.2) is 12.8 Å². The highest BCUT2D eigenvalue weighted by Crippen LogP contribution is 2.24. The Bertz CT molecular complexity index is 467. The third-order valence-corrected chi connectivity index (χ3v) is 3.54. The molecule has 0 atom stereocenters. The third-order valence-electron chi connectivity index (χ3n) is 1.83. The molecule has 16 heavy (non-hydrogen) atoms. The summed E-state index contributed by atoms with van der Waals surface area (Å²) in [5.74, 6) is -0.927. The number of hydrogen-bond acceptors (Lipinski definition) is 3. The number of ether oxygens (including phenoxy) is 1. The second-order valence-corrected chi connectivity index (χ2v) is 6.79. The fourth-order valence-electron chi connectivity index (χ4n) is 1.22. The molecule has 0 N–H and O–H groups in total. The Kier molecular flexibility index (Phi) is 4.73. The molecule has 0 aliphatic carbocycles. The molecule has 0 spiro atoms. The van der Waals surface area contributed by atoms with Crippen molar-refractivity contribution in [2.24, 2.45) is 0 Å². The zero-order valence-electron chi connectivity index (χ0n) is 8.34. The third kappa shape index (κ3) is 4.01. The molecule has 0 aromatic heterocycles. The Balaban J connectivity index is 3.09. The van der Waals surface area contributed by atoms with E-state index in [-0.39, 0.29) is 6.61 Å². The molecule has 1 aromatic carbocycles. The molecule has 0 fully saturated rings. The monoisotopic (exact) mass is 330 g/mol. The van der Waals surface area contributed by atoms with Crippen LogP contribution in [0.3, 0.4) is 0 Å². The lowest BCUT2D eigenvalue weighted by molar-refractivity contribution is 0.181. The summed E-state index contributed by atoms with van der Waals surface area (Å²) in [6.07, 6.45) is 0. The molecule has 1 rings (SSSR count). The van der Waals surface area contributed by atoms with Gasteiger partial charge >= 0.3 is 0 Å². The molecular weight excluding hydrogens is 323 g/mol. The first kappa shape index (κ1) is 13.9. The van der Waals surface area contributed by atoms with Crippen LogP contribution >= 0.6 is 26.6 Å². The summed E-state index contributed by atoms with van der Waals surface area (Å²) in [7, 11) is 2.85. The molecule has 0 aliphatic rings. The summed E-state index contributed by atoms with van der Waals surface area (Å²) in [5, 5.41) is 0. The molecule has 7 heteroatoms. The summed E-state index contributed by atoms with van der Waals surface area (Å²) in [6, 6.07) is 2.65. The molecule has 3 nitrogen and oxygen atoms in total. The molecule has 0 unspecified atom stereocenters. The SMILES string of the molecule is COCc1c(F)cc(CS(=O)(=O)Cl)cc1Br. The molecule has 90 valence electrons. The maximum atomic E-state index is 13.5. The summed E-state index contributed by atoms with van der Waals surface area (Å²) in [4.78, 5) is 0. The van der Waals surface area contributed by atoms with E-state index in [0.29, 0.717) is 15.6 Å². The van der Waals surface area contributed by atoms with Gasteiger partial charge in [0.05, 0.1) is 12.4 Å². The van der Waals surface area contributed by atoms with E-state index in [9.17, 15) is 12.8 Å². The van der Waals surface area contributed by atoms with Gasteiger partial charge < -0.3 is 4.74 Å². The molecule has 0 saturated heterocycles. The van der Waals surface area contributed by atoms with Gasteiger partial charge in [0, 0.05) is 27.8 Å². The summed E-state index contributed by atoms with van der Waals surface area (Å²) < 4.78 is 40.5. The number of hydrogen-bond donors (Lipinski definition) is 0. The molecule has 0 aliphatic heterocycles. The van der Waals surface area contributed by atoms with Gasteiger partial charge in [0.2, 0.25) is 9.05 Å². The van der Waals surface area contributed by atoms with Crippen molar-refractivity contribution in [1.82, 2.24) is 0 Å². The molecule has 0 radical (unpaired) electrons. The van der Waals surface area contributed by atoms with Gasteiger partial charge in [0.1, 0.15) is 5.82 Å². The molecule has 0 amide bonds. The van der Waals surface area contributed by atoms with E-state index in [2.05, 4.69) is 15.9 Å². The fraction of sp³-hybridized carbons (Fsp3) is 0.333. The first-order valence-electron chi connectivity index (χ1n) is 4.21. The zero-order chi connectivity index (χ0) is 12.3. The van der Waals surface area contributed by atoms with Crippen molar-refractivity contribution in [1.29, 1.82) is 0 Å². The standard InChI is InChI=1S/C9H9BrClFO3S/c1-15-4-7-8(10)2-6(3-9(7)12)5-16(11,13)14/h2-3H,4-5H2,1H3. The van der Waals surface area contributed by atoms with Gasteiger partial charge in [0.25, 0.3) is 0 Å². The van der Waals surface area contributed by atoms with Crippen LogP contribution in [0.15, 0.2) is 16.6 Å². The fourth-order valence-corrected chi connectivity index (χ4v) is 2.76. The van der Waals surface area contributed by atoms with E-state index in [1.807, 2.05) is 0 Å². The first-order chi connectivity index (χ1) is 7.33. The minimum absolute atomic E-state index is 0.111. The maximum absolute atomic E-state index is 13.5. The Morgan fingerprint density at radius 3 is 2.56 bits per heavy atom. The largest absolute Gasteiger partial charge is 0.380 e. The van der Waals surface area contributed by atoms with E-state index in [0.717, 1.165) is 6.07 Å². The van der Waals surface area contributed by atoms with Crippen molar-refractivity contribution in [3.8, 4) is 0 Å². The number of benzene rings is 1. The maximum Gasteiger partial charge on any atom is 0.236 e. The highest BCUT2D eigenvalue weighted by molar-refractivity contribution is 9.10. The van der Waals surface area contributed by atoms with E-state index >= 15 is 0 Å². The minimum atomic E-state index is -3.68. The Morgan fingerprint density at radius 2 is 2.12 bits per heavy atom. The molecule has 0 saturated carbocycles. The zero-order valence-corrected chi connectivity index (χ0v) is 11.5. The molecule has 1 aromatic rings. The molecular formula is C9H9BrClFO3S. The van der Waals surface area contributed by atoms with Crippen molar-refractivity contribution in [2.75, 3.05) is 7.11 Å². The van der Waals surface area contributed by atoms with Crippen LogP contribution in [0, 0.1) is 5.82 Å². The van der Waals surface area contributed by atoms with Gasteiger partial charge in [-0.2, -0.15) is 0 Å². The van der Waals surface area contributed by atoms with Crippen LogP contribution in [-0.4, -0.2) is 15.5 Å². The summed E-state index contributed by atoms with van der Waals surface area (Å²) in [6.45, 7) is 0.111. The van der Waals surface area contributed by atoms with Crippen molar-refractivity contribution in [3.63, 3.8) is 0 Å². The Hall–Kier alpha value is -0.170. The highest BCUT2D eigenvalue weighted by atomic mass is 79.9. The van der Waals surface area contributed by atoms with E-state index in [1.54, 1.807) is 0 Å².